The van der Waals surface area contributed by atoms with Crippen LogP contribution in [0.3, 0.4) is 0 Å². The highest BCUT2D eigenvalue weighted by molar-refractivity contribution is 5.91. The largest absolute Gasteiger partial charge is 0.382 e. The van der Waals surface area contributed by atoms with Gasteiger partial charge < -0.3 is 16.0 Å². The first-order valence-electron chi connectivity index (χ1n) is 14.9. The van der Waals surface area contributed by atoms with Crippen molar-refractivity contribution in [3.63, 3.8) is 0 Å². The Labute approximate surface area is 250 Å². The highest BCUT2D eigenvalue weighted by Gasteiger charge is 2.34. The molecule has 7 nitrogen and oxygen atoms in total. The molecule has 0 radical (unpaired) electrons. The van der Waals surface area contributed by atoms with Crippen LogP contribution in [0.1, 0.15) is 31.5 Å². The van der Waals surface area contributed by atoms with E-state index in [0.29, 0.717) is 17.8 Å². The molecule has 7 rings (SSSR count). The molecule has 3 aromatic carbocycles. The number of halogens is 1. The summed E-state index contributed by atoms with van der Waals surface area (Å²) in [7, 11) is 0. The summed E-state index contributed by atoms with van der Waals surface area (Å²) in [5.74, 6) is 1.60. The summed E-state index contributed by atoms with van der Waals surface area (Å²) in [4.78, 5) is 16.8. The predicted molar refractivity (Wildman–Crippen MR) is 172 cm³/mol. The lowest BCUT2D eigenvalue weighted by atomic mass is 9.79. The minimum atomic E-state index is -0.208. The van der Waals surface area contributed by atoms with Crippen LogP contribution in [0, 0.1) is 5.82 Å². The van der Waals surface area contributed by atoms with Crippen molar-refractivity contribution in [1.29, 1.82) is 0 Å². The van der Waals surface area contributed by atoms with Gasteiger partial charge in [-0.15, -0.1) is 0 Å². The monoisotopic (exact) mass is 571 g/mol. The molecule has 1 aliphatic carbocycles. The summed E-state index contributed by atoms with van der Waals surface area (Å²) in [6.45, 7) is 4.72. The lowest BCUT2D eigenvalue weighted by Gasteiger charge is -2.36. The van der Waals surface area contributed by atoms with Crippen molar-refractivity contribution < 1.29 is 4.39 Å². The molecule has 0 bridgehead atoms. The highest BCUT2D eigenvalue weighted by Crippen LogP contribution is 2.40. The first-order chi connectivity index (χ1) is 21.1. The van der Waals surface area contributed by atoms with E-state index in [1.165, 1.54) is 12.1 Å². The first-order valence-corrected chi connectivity index (χ1v) is 14.9. The zero-order valence-corrected chi connectivity index (χ0v) is 24.1. The number of nitrogens with zero attached hydrogens (tertiary/aromatic N) is 5. The Morgan fingerprint density at radius 1 is 0.953 bits per heavy atom. The van der Waals surface area contributed by atoms with E-state index in [2.05, 4.69) is 69.0 Å². The van der Waals surface area contributed by atoms with Gasteiger partial charge in [-0.3, -0.25) is 4.40 Å². The van der Waals surface area contributed by atoms with Gasteiger partial charge in [0.2, 0.25) is 0 Å². The second-order valence-corrected chi connectivity index (χ2v) is 11.2. The van der Waals surface area contributed by atoms with E-state index in [1.54, 1.807) is 6.20 Å². The van der Waals surface area contributed by atoms with E-state index in [0.717, 1.165) is 82.9 Å². The number of hydrogen-bond donors (Lipinski definition) is 2. The molecule has 43 heavy (non-hydrogen) atoms. The van der Waals surface area contributed by atoms with E-state index in [9.17, 15) is 4.39 Å². The number of benzene rings is 3. The normalized spacial score (nSPS) is 16.4. The standard InChI is InChI=1S/C35H34FN7/c1-2-42(29-13-11-27(36)12-14-29)18-16-38-28-20-26(21-28)35-41-32(33-34(37)39-17-19-43(33)35)25-9-8-24-10-15-30(40-31(24)22-25)23-6-4-3-5-7-23/h3-15,17,19,22,26,28,38H,2,16,18,20-21H2,1H3,(H2,37,39). The summed E-state index contributed by atoms with van der Waals surface area (Å²) in [6, 6.07) is 27.8. The van der Waals surface area contributed by atoms with Gasteiger partial charge in [-0.05, 0) is 56.2 Å². The predicted octanol–water partition coefficient (Wildman–Crippen LogP) is 6.69. The molecular weight excluding hydrogens is 537 g/mol. The average Bonchev–Trinajstić information content (AvgIpc) is 3.41. The van der Waals surface area contributed by atoms with E-state index >= 15 is 0 Å². The van der Waals surface area contributed by atoms with Gasteiger partial charge in [0.1, 0.15) is 28.7 Å². The highest BCUT2D eigenvalue weighted by atomic mass is 19.1. The minimum absolute atomic E-state index is 0.208. The van der Waals surface area contributed by atoms with Gasteiger partial charge in [-0.2, -0.15) is 0 Å². The number of pyridine rings is 1. The zero-order valence-electron chi connectivity index (χ0n) is 24.1. The Hall–Kier alpha value is -4.82. The van der Waals surface area contributed by atoms with Crippen LogP contribution in [0.15, 0.2) is 97.3 Å². The third kappa shape index (κ3) is 5.30. The van der Waals surface area contributed by atoms with E-state index < -0.39 is 0 Å². The molecule has 0 spiro atoms. The number of likely N-dealkylation sites (N-methyl/N-ethyl adjacent to an activating group) is 1. The van der Waals surface area contributed by atoms with Gasteiger partial charge in [0.15, 0.2) is 0 Å². The molecule has 0 amide bonds. The Balaban J connectivity index is 1.10. The molecular formula is C35H34FN7. The van der Waals surface area contributed by atoms with Crippen LogP contribution in [0.2, 0.25) is 0 Å². The fourth-order valence-corrected chi connectivity index (χ4v) is 6.13. The van der Waals surface area contributed by atoms with Crippen LogP contribution in [0.4, 0.5) is 15.9 Å². The van der Waals surface area contributed by atoms with Crippen molar-refractivity contribution in [1.82, 2.24) is 24.7 Å². The van der Waals surface area contributed by atoms with Crippen LogP contribution in [0.25, 0.3) is 38.9 Å². The quantitative estimate of drug-likeness (QED) is 0.201. The number of aromatic nitrogens is 4. The maximum Gasteiger partial charge on any atom is 0.150 e. The molecule has 0 aliphatic heterocycles. The van der Waals surface area contributed by atoms with Crippen molar-refractivity contribution >= 4 is 27.9 Å². The van der Waals surface area contributed by atoms with Crippen LogP contribution in [-0.4, -0.2) is 45.0 Å². The zero-order chi connectivity index (χ0) is 29.3. The lowest BCUT2D eigenvalue weighted by Crippen LogP contribution is -2.44. The second kappa shape index (κ2) is 11.5. The molecule has 1 aliphatic rings. The fraction of sp³-hybridized carbons (Fsp3) is 0.229. The third-order valence-corrected chi connectivity index (χ3v) is 8.54. The van der Waals surface area contributed by atoms with Crippen LogP contribution in [-0.2, 0) is 0 Å². The van der Waals surface area contributed by atoms with Crippen molar-refractivity contribution in [2.24, 2.45) is 0 Å². The Bertz CT molecular complexity index is 1880. The molecule has 0 saturated heterocycles. The van der Waals surface area contributed by atoms with Gasteiger partial charge in [-0.25, -0.2) is 19.3 Å². The summed E-state index contributed by atoms with van der Waals surface area (Å²) in [6.07, 6.45) is 5.72. The number of fused-ring (bicyclic) bond motifs is 2. The van der Waals surface area contributed by atoms with Gasteiger partial charge in [-0.1, -0.05) is 48.5 Å². The van der Waals surface area contributed by atoms with Gasteiger partial charge >= 0.3 is 0 Å². The molecule has 6 aromatic rings. The van der Waals surface area contributed by atoms with E-state index in [-0.39, 0.29) is 5.82 Å². The topological polar surface area (TPSA) is 84.4 Å². The van der Waals surface area contributed by atoms with Crippen molar-refractivity contribution in [3.8, 4) is 22.5 Å². The molecule has 0 atom stereocenters. The molecule has 0 unspecified atom stereocenters. The third-order valence-electron chi connectivity index (χ3n) is 8.54. The van der Waals surface area contributed by atoms with Gasteiger partial charge in [0.25, 0.3) is 0 Å². The van der Waals surface area contributed by atoms with Gasteiger partial charge in [0, 0.05) is 66.2 Å². The number of rotatable bonds is 9. The number of hydrogen-bond acceptors (Lipinski definition) is 6. The Morgan fingerprint density at radius 2 is 1.74 bits per heavy atom. The summed E-state index contributed by atoms with van der Waals surface area (Å²) in [5, 5.41) is 4.78. The smallest absolute Gasteiger partial charge is 0.150 e. The van der Waals surface area contributed by atoms with Gasteiger partial charge in [0.05, 0.1) is 11.2 Å². The van der Waals surface area contributed by atoms with Crippen LogP contribution in [0.5, 0.6) is 0 Å². The number of nitrogens with two attached hydrogens (primary N) is 1. The SMILES string of the molecule is CCN(CCNC1CC(c2nc(-c3ccc4ccc(-c5ccccc5)nc4c3)c3c(N)nccn23)C1)c1ccc(F)cc1. The van der Waals surface area contributed by atoms with E-state index in [1.807, 2.05) is 36.5 Å². The average molecular weight is 572 g/mol. The fourth-order valence-electron chi connectivity index (χ4n) is 6.13. The van der Waals surface area contributed by atoms with Crippen molar-refractivity contribution in [3.05, 3.63) is 109 Å². The summed E-state index contributed by atoms with van der Waals surface area (Å²) in [5.41, 5.74) is 13.1. The lowest BCUT2D eigenvalue weighted by molar-refractivity contribution is 0.283. The number of nitrogen functional groups attached to an aromatic ring is 1. The summed E-state index contributed by atoms with van der Waals surface area (Å²) >= 11 is 0. The molecule has 3 N–H and O–H groups in total. The van der Waals surface area contributed by atoms with Crippen LogP contribution < -0.4 is 16.0 Å². The molecule has 1 saturated carbocycles. The molecule has 3 heterocycles. The first kappa shape index (κ1) is 27.0. The molecule has 1 fully saturated rings. The molecule has 216 valence electrons. The number of anilines is 2. The van der Waals surface area contributed by atoms with Crippen molar-refractivity contribution in [2.75, 3.05) is 30.3 Å². The Morgan fingerprint density at radius 3 is 2.53 bits per heavy atom. The number of nitrogens with one attached hydrogen (secondary N) is 1. The van der Waals surface area contributed by atoms with E-state index in [4.69, 9.17) is 15.7 Å². The molecule has 8 heteroatoms. The van der Waals surface area contributed by atoms with Crippen LogP contribution >= 0.6 is 0 Å². The van der Waals surface area contributed by atoms with Crippen molar-refractivity contribution in [2.45, 2.75) is 31.7 Å². The maximum atomic E-state index is 13.3. The maximum absolute atomic E-state index is 13.3. The second-order valence-electron chi connectivity index (χ2n) is 11.2. The Kier molecular flexibility index (Phi) is 7.20. The minimum Gasteiger partial charge on any atom is -0.382 e. The molecule has 3 aromatic heterocycles. The summed E-state index contributed by atoms with van der Waals surface area (Å²) < 4.78 is 15.5. The number of imidazole rings is 1.